The second-order valence-electron chi connectivity index (χ2n) is 3.83. The molecule has 0 saturated carbocycles. The van der Waals surface area contributed by atoms with Crippen LogP contribution in [-0.2, 0) is 22.3 Å². The zero-order valence-corrected chi connectivity index (χ0v) is 8.06. The Morgan fingerprint density at radius 3 is 2.73 bits per heavy atom. The molecule has 0 amide bonds. The van der Waals surface area contributed by atoms with Crippen molar-refractivity contribution in [1.82, 2.24) is 0 Å². The standard InChI is InChI=1S/C12H9NO2/c13-8-10-3-1-2-9-6-12(7-11(9)10)14-4-5-15-12/h1-5H,6-7H2. The van der Waals surface area contributed by atoms with Crippen LogP contribution in [0, 0.1) is 11.3 Å². The molecule has 1 aliphatic heterocycles. The predicted octanol–water partition coefficient (Wildman–Crippen LogP) is 1.87. The largest absolute Gasteiger partial charge is 0.456 e. The summed E-state index contributed by atoms with van der Waals surface area (Å²) in [6.45, 7) is 0. The van der Waals surface area contributed by atoms with Gasteiger partial charge in [-0.1, -0.05) is 12.1 Å². The smallest absolute Gasteiger partial charge is 0.257 e. The fourth-order valence-corrected chi connectivity index (χ4v) is 2.23. The molecule has 74 valence electrons. The highest BCUT2D eigenvalue weighted by Crippen LogP contribution is 2.38. The van der Waals surface area contributed by atoms with Gasteiger partial charge >= 0.3 is 0 Å². The summed E-state index contributed by atoms with van der Waals surface area (Å²) in [5, 5.41) is 8.99. The van der Waals surface area contributed by atoms with Crippen LogP contribution < -0.4 is 0 Å². The van der Waals surface area contributed by atoms with Crippen molar-refractivity contribution in [2.45, 2.75) is 18.6 Å². The average Bonchev–Trinajstić information content (AvgIpc) is 2.84. The molecule has 15 heavy (non-hydrogen) atoms. The van der Waals surface area contributed by atoms with E-state index in [-0.39, 0.29) is 0 Å². The van der Waals surface area contributed by atoms with Crippen LogP contribution in [-0.4, -0.2) is 5.79 Å². The lowest BCUT2D eigenvalue weighted by Gasteiger charge is -2.21. The third-order valence-electron chi connectivity index (χ3n) is 2.92. The third-order valence-corrected chi connectivity index (χ3v) is 2.92. The Morgan fingerprint density at radius 1 is 1.20 bits per heavy atom. The fourth-order valence-electron chi connectivity index (χ4n) is 2.23. The summed E-state index contributed by atoms with van der Waals surface area (Å²) in [4.78, 5) is 0. The van der Waals surface area contributed by atoms with Gasteiger partial charge in [0.1, 0.15) is 12.5 Å². The summed E-state index contributed by atoms with van der Waals surface area (Å²) in [7, 11) is 0. The second kappa shape index (κ2) is 2.77. The molecule has 3 rings (SSSR count). The molecule has 0 atom stereocenters. The van der Waals surface area contributed by atoms with Crippen molar-refractivity contribution < 1.29 is 9.47 Å². The van der Waals surface area contributed by atoms with Crippen molar-refractivity contribution in [2.24, 2.45) is 0 Å². The van der Waals surface area contributed by atoms with E-state index in [9.17, 15) is 0 Å². The zero-order valence-electron chi connectivity index (χ0n) is 8.06. The minimum Gasteiger partial charge on any atom is -0.456 e. The maximum absolute atomic E-state index is 8.99. The molecule has 1 spiro atoms. The Hall–Kier alpha value is -1.95. The Balaban J connectivity index is 2.03. The minimum atomic E-state index is -0.574. The van der Waals surface area contributed by atoms with Crippen molar-refractivity contribution in [3.63, 3.8) is 0 Å². The highest BCUT2D eigenvalue weighted by atomic mass is 16.7. The molecular weight excluding hydrogens is 190 g/mol. The van der Waals surface area contributed by atoms with Gasteiger partial charge in [0.05, 0.1) is 24.5 Å². The molecule has 0 aromatic heterocycles. The van der Waals surface area contributed by atoms with Crippen LogP contribution in [0.1, 0.15) is 16.7 Å². The molecule has 1 aliphatic carbocycles. The van der Waals surface area contributed by atoms with E-state index < -0.39 is 5.79 Å². The van der Waals surface area contributed by atoms with E-state index in [2.05, 4.69) is 6.07 Å². The van der Waals surface area contributed by atoms with Gasteiger partial charge in [0.2, 0.25) is 0 Å². The summed E-state index contributed by atoms with van der Waals surface area (Å²) >= 11 is 0. The molecule has 0 radical (unpaired) electrons. The van der Waals surface area contributed by atoms with E-state index in [4.69, 9.17) is 14.7 Å². The maximum Gasteiger partial charge on any atom is 0.257 e. The SMILES string of the molecule is N#Cc1cccc2c1CC1(C2)OC=CO1. The molecule has 1 aromatic carbocycles. The van der Waals surface area contributed by atoms with Crippen molar-refractivity contribution in [2.75, 3.05) is 0 Å². The number of rotatable bonds is 0. The normalized spacial score (nSPS) is 19.4. The van der Waals surface area contributed by atoms with Crippen LogP contribution in [0.15, 0.2) is 30.7 Å². The lowest BCUT2D eigenvalue weighted by molar-refractivity contribution is -0.131. The van der Waals surface area contributed by atoms with Gasteiger partial charge in [-0.25, -0.2) is 0 Å². The highest BCUT2D eigenvalue weighted by molar-refractivity contribution is 5.47. The van der Waals surface area contributed by atoms with Crippen LogP contribution in [0.3, 0.4) is 0 Å². The number of hydrogen-bond acceptors (Lipinski definition) is 3. The monoisotopic (exact) mass is 199 g/mol. The molecular formula is C12H9NO2. The Morgan fingerprint density at radius 2 is 2.00 bits per heavy atom. The van der Waals surface area contributed by atoms with E-state index in [0.717, 1.165) is 16.7 Å². The maximum atomic E-state index is 8.99. The van der Waals surface area contributed by atoms with E-state index in [0.29, 0.717) is 12.8 Å². The summed E-state index contributed by atoms with van der Waals surface area (Å²) in [6, 6.07) is 7.96. The van der Waals surface area contributed by atoms with Crippen LogP contribution in [0.4, 0.5) is 0 Å². The number of ether oxygens (including phenoxy) is 2. The minimum absolute atomic E-state index is 0.574. The van der Waals surface area contributed by atoms with Crippen molar-refractivity contribution >= 4 is 0 Å². The Kier molecular flexibility index (Phi) is 1.54. The van der Waals surface area contributed by atoms with Gasteiger partial charge < -0.3 is 9.47 Å². The van der Waals surface area contributed by atoms with Gasteiger partial charge in [-0.3, -0.25) is 0 Å². The Labute approximate surface area is 87.5 Å². The molecule has 3 heteroatoms. The molecule has 3 nitrogen and oxygen atoms in total. The number of hydrogen-bond donors (Lipinski definition) is 0. The molecule has 1 aromatic rings. The summed E-state index contributed by atoms with van der Waals surface area (Å²) in [6.07, 6.45) is 4.50. The van der Waals surface area contributed by atoms with Gasteiger partial charge in [0.25, 0.3) is 5.79 Å². The second-order valence-corrected chi connectivity index (χ2v) is 3.83. The lowest BCUT2D eigenvalue weighted by atomic mass is 10.0. The summed E-state index contributed by atoms with van der Waals surface area (Å²) < 4.78 is 10.9. The van der Waals surface area contributed by atoms with Crippen LogP contribution in [0.25, 0.3) is 0 Å². The van der Waals surface area contributed by atoms with Gasteiger partial charge in [-0.05, 0) is 17.2 Å². The summed E-state index contributed by atoms with van der Waals surface area (Å²) in [5.74, 6) is -0.574. The number of nitrogens with zero attached hydrogens (tertiary/aromatic N) is 1. The van der Waals surface area contributed by atoms with E-state index in [1.54, 1.807) is 12.5 Å². The first-order chi connectivity index (χ1) is 7.33. The Bertz CT molecular complexity index is 477. The van der Waals surface area contributed by atoms with Gasteiger partial charge in [0, 0.05) is 0 Å². The lowest BCUT2D eigenvalue weighted by Crippen LogP contribution is -2.30. The van der Waals surface area contributed by atoms with Gasteiger partial charge in [0.15, 0.2) is 0 Å². The average molecular weight is 199 g/mol. The zero-order chi connectivity index (χ0) is 10.3. The number of nitriles is 1. The molecule has 0 bridgehead atoms. The molecule has 1 heterocycles. The predicted molar refractivity (Wildman–Crippen MR) is 52.6 cm³/mol. The molecule has 0 unspecified atom stereocenters. The quantitative estimate of drug-likeness (QED) is 0.640. The van der Waals surface area contributed by atoms with E-state index >= 15 is 0 Å². The first-order valence-corrected chi connectivity index (χ1v) is 4.84. The van der Waals surface area contributed by atoms with Crippen molar-refractivity contribution in [1.29, 1.82) is 5.26 Å². The van der Waals surface area contributed by atoms with E-state index in [1.165, 1.54) is 0 Å². The van der Waals surface area contributed by atoms with Crippen molar-refractivity contribution in [3.8, 4) is 6.07 Å². The fraction of sp³-hybridized carbons (Fsp3) is 0.250. The molecule has 2 aliphatic rings. The first-order valence-electron chi connectivity index (χ1n) is 4.84. The van der Waals surface area contributed by atoms with Crippen molar-refractivity contribution in [3.05, 3.63) is 47.4 Å². The highest BCUT2D eigenvalue weighted by Gasteiger charge is 2.43. The van der Waals surface area contributed by atoms with Crippen LogP contribution >= 0.6 is 0 Å². The topological polar surface area (TPSA) is 42.2 Å². The molecule has 0 N–H and O–H groups in total. The number of benzene rings is 1. The number of fused-ring (bicyclic) bond motifs is 1. The summed E-state index contributed by atoms with van der Waals surface area (Å²) in [5.41, 5.74) is 2.94. The first kappa shape index (κ1) is 8.37. The van der Waals surface area contributed by atoms with Crippen LogP contribution in [0.5, 0.6) is 0 Å². The molecule has 0 saturated heterocycles. The molecule has 0 fully saturated rings. The van der Waals surface area contributed by atoms with Gasteiger partial charge in [-0.2, -0.15) is 5.26 Å². The van der Waals surface area contributed by atoms with Crippen LogP contribution in [0.2, 0.25) is 0 Å². The third kappa shape index (κ3) is 1.11. The van der Waals surface area contributed by atoms with E-state index in [1.807, 2.05) is 18.2 Å². The van der Waals surface area contributed by atoms with Gasteiger partial charge in [-0.15, -0.1) is 0 Å².